The largest absolute Gasteiger partial charge is 0.399 e. The normalized spacial score (nSPS) is 18.1. The Morgan fingerprint density at radius 2 is 1.83 bits per heavy atom. The van der Waals surface area contributed by atoms with Crippen molar-refractivity contribution in [2.45, 2.75) is 12.8 Å². The first-order valence-corrected chi connectivity index (χ1v) is 6.70. The Kier molecular flexibility index (Phi) is 4.44. The molecule has 1 fully saturated rings. The van der Waals surface area contributed by atoms with E-state index < -0.39 is 0 Å². The lowest BCUT2D eigenvalue weighted by Gasteiger charge is -2.32. The average molecular weight is 248 g/mol. The van der Waals surface area contributed by atoms with Gasteiger partial charge in [0.15, 0.2) is 0 Å². The van der Waals surface area contributed by atoms with Gasteiger partial charge in [0.25, 0.3) is 0 Å². The highest BCUT2D eigenvalue weighted by Crippen LogP contribution is 2.17. The van der Waals surface area contributed by atoms with Gasteiger partial charge in [0, 0.05) is 37.6 Å². The number of nitrogen functional groups attached to an aromatic ring is 2. The smallest absolute Gasteiger partial charge is 0.0348 e. The van der Waals surface area contributed by atoms with Gasteiger partial charge in [0.1, 0.15) is 0 Å². The molecule has 2 rings (SSSR count). The van der Waals surface area contributed by atoms with Gasteiger partial charge in [-0.2, -0.15) is 0 Å². The Balaban J connectivity index is 1.76. The van der Waals surface area contributed by atoms with Gasteiger partial charge in [0.2, 0.25) is 0 Å². The minimum Gasteiger partial charge on any atom is -0.399 e. The molecule has 0 amide bonds. The Bertz CT molecular complexity index is 383. The van der Waals surface area contributed by atoms with Gasteiger partial charge in [-0.15, -0.1) is 0 Å². The predicted molar refractivity (Wildman–Crippen MR) is 77.5 cm³/mol. The number of hydrogen-bond acceptors (Lipinski definition) is 4. The van der Waals surface area contributed by atoms with Crippen LogP contribution >= 0.6 is 0 Å². The van der Waals surface area contributed by atoms with Crippen molar-refractivity contribution in [3.63, 3.8) is 0 Å². The topological polar surface area (TPSA) is 58.5 Å². The van der Waals surface area contributed by atoms with E-state index in [-0.39, 0.29) is 0 Å². The highest BCUT2D eigenvalue weighted by Gasteiger charge is 2.13. The number of nitrogens with two attached hydrogens (primary N) is 2. The number of hydrogen-bond donors (Lipinski definition) is 2. The van der Waals surface area contributed by atoms with Gasteiger partial charge in [-0.3, -0.25) is 0 Å². The summed E-state index contributed by atoms with van der Waals surface area (Å²) in [5, 5.41) is 0. The molecule has 0 spiro atoms. The molecule has 0 atom stereocenters. The lowest BCUT2D eigenvalue weighted by molar-refractivity contribution is 0.153. The number of anilines is 2. The van der Waals surface area contributed by atoms with Crippen LogP contribution in [0.1, 0.15) is 12.0 Å². The van der Waals surface area contributed by atoms with Crippen LogP contribution in [0, 0.1) is 0 Å². The van der Waals surface area contributed by atoms with Crippen LogP contribution in [0.2, 0.25) is 0 Å². The number of likely N-dealkylation sites (N-methyl/N-ethyl adjacent to an activating group) is 1. The van der Waals surface area contributed by atoms with Crippen LogP contribution in [0.4, 0.5) is 11.4 Å². The summed E-state index contributed by atoms with van der Waals surface area (Å²) < 4.78 is 0. The van der Waals surface area contributed by atoms with E-state index in [0.717, 1.165) is 30.8 Å². The molecule has 4 N–H and O–H groups in total. The molecule has 0 radical (unpaired) electrons. The summed E-state index contributed by atoms with van der Waals surface area (Å²) in [7, 11) is 2.19. The predicted octanol–water partition coefficient (Wildman–Crippen LogP) is 1.03. The number of nitrogens with zero attached hydrogens (tertiary/aromatic N) is 2. The maximum atomic E-state index is 5.95. The number of piperazine rings is 1. The second kappa shape index (κ2) is 6.07. The van der Waals surface area contributed by atoms with Crippen molar-refractivity contribution < 1.29 is 0 Å². The molecule has 1 aliphatic rings. The first-order chi connectivity index (χ1) is 8.65. The second-order valence-electron chi connectivity index (χ2n) is 5.21. The van der Waals surface area contributed by atoms with Crippen LogP contribution in [-0.2, 0) is 6.42 Å². The van der Waals surface area contributed by atoms with Crippen LogP contribution in [0.15, 0.2) is 18.2 Å². The molecule has 1 heterocycles. The number of benzene rings is 1. The average Bonchev–Trinajstić information content (AvgIpc) is 2.36. The van der Waals surface area contributed by atoms with Crippen molar-refractivity contribution in [2.24, 2.45) is 0 Å². The molecule has 1 aromatic carbocycles. The van der Waals surface area contributed by atoms with Crippen LogP contribution in [-0.4, -0.2) is 49.6 Å². The lowest BCUT2D eigenvalue weighted by atomic mass is 10.1. The van der Waals surface area contributed by atoms with Crippen molar-refractivity contribution in [1.29, 1.82) is 0 Å². The summed E-state index contributed by atoms with van der Waals surface area (Å²) in [5.41, 5.74) is 14.6. The highest BCUT2D eigenvalue weighted by atomic mass is 15.2. The SMILES string of the molecule is CN1CCN(CCCc2cc(N)ccc2N)CC1. The van der Waals surface area contributed by atoms with Gasteiger partial charge in [-0.1, -0.05) is 0 Å². The molecule has 0 bridgehead atoms. The van der Waals surface area contributed by atoms with E-state index in [1.54, 1.807) is 0 Å². The van der Waals surface area contributed by atoms with Crippen molar-refractivity contribution in [3.05, 3.63) is 23.8 Å². The van der Waals surface area contributed by atoms with Gasteiger partial charge in [0.05, 0.1) is 0 Å². The van der Waals surface area contributed by atoms with Crippen molar-refractivity contribution in [2.75, 3.05) is 51.2 Å². The summed E-state index contributed by atoms with van der Waals surface area (Å²) in [6.07, 6.45) is 2.17. The van der Waals surface area contributed by atoms with E-state index in [1.807, 2.05) is 18.2 Å². The van der Waals surface area contributed by atoms with E-state index >= 15 is 0 Å². The first kappa shape index (κ1) is 13.2. The van der Waals surface area contributed by atoms with Crippen LogP contribution in [0.5, 0.6) is 0 Å². The van der Waals surface area contributed by atoms with Gasteiger partial charge < -0.3 is 21.3 Å². The van der Waals surface area contributed by atoms with E-state index in [0.29, 0.717) is 0 Å². The summed E-state index contributed by atoms with van der Waals surface area (Å²) >= 11 is 0. The van der Waals surface area contributed by atoms with Crippen molar-refractivity contribution in [1.82, 2.24) is 9.80 Å². The van der Waals surface area contributed by atoms with E-state index in [2.05, 4.69) is 16.8 Å². The lowest BCUT2D eigenvalue weighted by Crippen LogP contribution is -2.44. The van der Waals surface area contributed by atoms with Crippen molar-refractivity contribution in [3.8, 4) is 0 Å². The van der Waals surface area contributed by atoms with Gasteiger partial charge >= 0.3 is 0 Å². The monoisotopic (exact) mass is 248 g/mol. The Morgan fingerprint density at radius 1 is 1.11 bits per heavy atom. The minimum absolute atomic E-state index is 0.804. The first-order valence-electron chi connectivity index (χ1n) is 6.70. The fourth-order valence-corrected chi connectivity index (χ4v) is 2.41. The summed E-state index contributed by atoms with van der Waals surface area (Å²) in [5.74, 6) is 0. The summed E-state index contributed by atoms with van der Waals surface area (Å²) in [6.45, 7) is 5.88. The Labute approximate surface area is 110 Å². The van der Waals surface area contributed by atoms with Crippen LogP contribution < -0.4 is 11.5 Å². The molecule has 4 nitrogen and oxygen atoms in total. The maximum Gasteiger partial charge on any atom is 0.0348 e. The summed E-state index contributed by atoms with van der Waals surface area (Å²) in [6, 6.07) is 5.76. The molecule has 0 saturated carbocycles. The molecule has 18 heavy (non-hydrogen) atoms. The third-order valence-electron chi connectivity index (χ3n) is 3.68. The van der Waals surface area contributed by atoms with E-state index in [4.69, 9.17) is 11.5 Å². The molecule has 1 aliphatic heterocycles. The molecule has 100 valence electrons. The quantitative estimate of drug-likeness (QED) is 0.781. The standard InChI is InChI=1S/C14H24N4/c1-17-7-9-18(10-8-17)6-2-3-12-11-13(15)4-5-14(12)16/h4-5,11H,2-3,6-10,15-16H2,1H3. The molecule has 0 aliphatic carbocycles. The number of aryl methyl sites for hydroxylation is 1. The molecule has 1 aromatic rings. The Hall–Kier alpha value is -1.26. The molecule has 1 saturated heterocycles. The minimum atomic E-state index is 0.804. The van der Waals surface area contributed by atoms with E-state index in [9.17, 15) is 0 Å². The molecule has 0 aromatic heterocycles. The van der Waals surface area contributed by atoms with Crippen LogP contribution in [0.3, 0.4) is 0 Å². The third-order valence-corrected chi connectivity index (χ3v) is 3.68. The van der Waals surface area contributed by atoms with E-state index in [1.165, 1.54) is 31.7 Å². The molecular weight excluding hydrogens is 224 g/mol. The zero-order chi connectivity index (χ0) is 13.0. The fraction of sp³-hybridized carbons (Fsp3) is 0.571. The second-order valence-corrected chi connectivity index (χ2v) is 5.21. The van der Waals surface area contributed by atoms with Crippen molar-refractivity contribution >= 4 is 11.4 Å². The zero-order valence-corrected chi connectivity index (χ0v) is 11.2. The molecule has 0 unspecified atom stereocenters. The van der Waals surface area contributed by atoms with Crippen LogP contribution in [0.25, 0.3) is 0 Å². The molecular formula is C14H24N4. The summed E-state index contributed by atoms with van der Waals surface area (Å²) in [4.78, 5) is 4.91. The number of rotatable bonds is 4. The fourth-order valence-electron chi connectivity index (χ4n) is 2.41. The Morgan fingerprint density at radius 3 is 2.56 bits per heavy atom. The highest BCUT2D eigenvalue weighted by molar-refractivity contribution is 5.55. The molecule has 4 heteroatoms. The van der Waals surface area contributed by atoms with Gasteiger partial charge in [-0.25, -0.2) is 0 Å². The van der Waals surface area contributed by atoms with Gasteiger partial charge in [-0.05, 0) is 50.2 Å². The third kappa shape index (κ3) is 3.62. The zero-order valence-electron chi connectivity index (χ0n) is 11.2. The maximum absolute atomic E-state index is 5.95.